The van der Waals surface area contributed by atoms with Gasteiger partial charge in [0.1, 0.15) is 11.5 Å². The molecule has 0 amide bonds. The van der Waals surface area contributed by atoms with Crippen molar-refractivity contribution >= 4 is 11.6 Å². The third-order valence-corrected chi connectivity index (χ3v) is 7.55. The molecule has 0 bridgehead atoms. The molecule has 0 spiro atoms. The number of likely N-dealkylation sites (N-methyl/N-ethyl adjacent to an activating group) is 1. The lowest BCUT2D eigenvalue weighted by Gasteiger charge is -2.32. The number of hydrogen-bond donors (Lipinski definition) is 1. The van der Waals surface area contributed by atoms with Gasteiger partial charge in [0, 0.05) is 37.6 Å². The van der Waals surface area contributed by atoms with Crippen molar-refractivity contribution in [1.82, 2.24) is 29.2 Å². The lowest BCUT2D eigenvalue weighted by molar-refractivity contribution is 0.156. The van der Waals surface area contributed by atoms with E-state index in [0.717, 1.165) is 53.5 Å². The molecule has 3 aromatic heterocycles. The molecule has 204 valence electrons. The van der Waals surface area contributed by atoms with Crippen LogP contribution in [0, 0.1) is 5.82 Å². The zero-order valence-electron chi connectivity index (χ0n) is 23.0. The van der Waals surface area contributed by atoms with Gasteiger partial charge in [-0.05, 0) is 87.1 Å². The number of pyridine rings is 1. The third kappa shape index (κ3) is 5.73. The Labute approximate surface area is 234 Å². The van der Waals surface area contributed by atoms with Crippen molar-refractivity contribution in [3.8, 4) is 22.6 Å². The maximum Gasteiger partial charge on any atom is 0.223 e. The number of nitrogens with zero attached hydrogens (tertiary/aromatic N) is 6. The summed E-state index contributed by atoms with van der Waals surface area (Å²) < 4.78 is 15.9. The third-order valence-electron chi connectivity index (χ3n) is 7.55. The zero-order valence-corrected chi connectivity index (χ0v) is 23.0. The Morgan fingerprint density at radius 3 is 2.55 bits per heavy atom. The Morgan fingerprint density at radius 2 is 1.80 bits per heavy atom. The van der Waals surface area contributed by atoms with Gasteiger partial charge in [-0.15, -0.1) is 0 Å². The number of benzene rings is 2. The first-order chi connectivity index (χ1) is 19.5. The van der Waals surface area contributed by atoms with E-state index in [2.05, 4.69) is 68.9 Å². The molecule has 40 heavy (non-hydrogen) atoms. The maximum atomic E-state index is 13.8. The van der Waals surface area contributed by atoms with Crippen LogP contribution in [0.5, 0.6) is 0 Å². The highest BCUT2D eigenvalue weighted by molar-refractivity contribution is 5.80. The molecular weight excluding hydrogens is 501 g/mol. The summed E-state index contributed by atoms with van der Waals surface area (Å²) in [6, 6.07) is 22.9. The van der Waals surface area contributed by atoms with Gasteiger partial charge in [-0.2, -0.15) is 0 Å². The summed E-state index contributed by atoms with van der Waals surface area (Å²) in [5.74, 6) is 0.260. The van der Waals surface area contributed by atoms with Gasteiger partial charge >= 0.3 is 0 Å². The summed E-state index contributed by atoms with van der Waals surface area (Å²) in [5, 5.41) is 3.42. The van der Waals surface area contributed by atoms with Gasteiger partial charge in [0.15, 0.2) is 0 Å². The SMILES string of the molecule is C[C@H](Nc1nccc(-c2c(-c3ccc(F)cc3)nc3cc(CN(C)CCN4CCC4)ccn23)n1)c1ccccc1. The highest BCUT2D eigenvalue weighted by Crippen LogP contribution is 2.33. The van der Waals surface area contributed by atoms with Crippen LogP contribution in [0.1, 0.15) is 30.5 Å². The summed E-state index contributed by atoms with van der Waals surface area (Å²) in [7, 11) is 2.16. The Balaban J connectivity index is 1.33. The molecule has 0 radical (unpaired) electrons. The van der Waals surface area contributed by atoms with E-state index in [4.69, 9.17) is 9.97 Å². The number of rotatable bonds is 10. The highest BCUT2D eigenvalue weighted by Gasteiger charge is 2.19. The van der Waals surface area contributed by atoms with Crippen LogP contribution in [0.3, 0.4) is 0 Å². The number of hydrogen-bond acceptors (Lipinski definition) is 6. The minimum Gasteiger partial charge on any atom is -0.348 e. The van der Waals surface area contributed by atoms with Gasteiger partial charge in [0.25, 0.3) is 0 Å². The van der Waals surface area contributed by atoms with Crippen molar-refractivity contribution in [3.63, 3.8) is 0 Å². The number of halogens is 1. The molecule has 6 rings (SSSR count). The number of likely N-dealkylation sites (tertiary alicyclic amines) is 1. The second-order valence-electron chi connectivity index (χ2n) is 10.6. The van der Waals surface area contributed by atoms with Crippen LogP contribution in [0.25, 0.3) is 28.3 Å². The predicted molar refractivity (Wildman–Crippen MR) is 157 cm³/mol. The molecule has 0 aliphatic carbocycles. The summed E-state index contributed by atoms with van der Waals surface area (Å²) in [6.45, 7) is 7.50. The summed E-state index contributed by atoms with van der Waals surface area (Å²) in [4.78, 5) is 19.2. The van der Waals surface area contributed by atoms with Crippen LogP contribution >= 0.6 is 0 Å². The number of anilines is 1. The molecule has 7 nitrogen and oxygen atoms in total. The van der Waals surface area contributed by atoms with E-state index < -0.39 is 0 Å². The molecule has 5 aromatic rings. The van der Waals surface area contributed by atoms with Gasteiger partial charge in [0.05, 0.1) is 23.1 Å². The second-order valence-corrected chi connectivity index (χ2v) is 10.6. The summed E-state index contributed by atoms with van der Waals surface area (Å²) in [6.07, 6.45) is 5.14. The molecule has 1 saturated heterocycles. The van der Waals surface area contributed by atoms with Crippen molar-refractivity contribution in [2.45, 2.75) is 25.9 Å². The Morgan fingerprint density at radius 1 is 1.00 bits per heavy atom. The normalized spacial score (nSPS) is 14.4. The Hall–Kier alpha value is -4.14. The minimum atomic E-state index is -0.277. The van der Waals surface area contributed by atoms with Gasteiger partial charge < -0.3 is 15.1 Å². The van der Waals surface area contributed by atoms with Crippen molar-refractivity contribution in [3.05, 3.63) is 102 Å². The first kappa shape index (κ1) is 26.1. The zero-order chi connectivity index (χ0) is 27.5. The quantitative estimate of drug-likeness (QED) is 0.240. The van der Waals surface area contributed by atoms with Gasteiger partial charge in [-0.3, -0.25) is 4.40 Å². The first-order valence-corrected chi connectivity index (χ1v) is 13.9. The lowest BCUT2D eigenvalue weighted by Crippen LogP contribution is -2.41. The second kappa shape index (κ2) is 11.5. The molecule has 1 atom stereocenters. The average molecular weight is 536 g/mol. The number of nitrogens with one attached hydrogen (secondary N) is 1. The molecule has 1 aliphatic rings. The van der Waals surface area contributed by atoms with E-state index in [0.29, 0.717) is 5.95 Å². The van der Waals surface area contributed by atoms with Crippen molar-refractivity contribution in [2.24, 2.45) is 0 Å². The molecular formula is C32H34FN7. The van der Waals surface area contributed by atoms with Crippen LogP contribution in [-0.4, -0.2) is 62.4 Å². The van der Waals surface area contributed by atoms with Crippen LogP contribution < -0.4 is 5.32 Å². The van der Waals surface area contributed by atoms with E-state index in [1.807, 2.05) is 24.3 Å². The van der Waals surface area contributed by atoms with Crippen molar-refractivity contribution in [2.75, 3.05) is 38.5 Å². The number of imidazole rings is 1. The van der Waals surface area contributed by atoms with E-state index in [1.54, 1.807) is 18.3 Å². The Kier molecular flexibility index (Phi) is 7.53. The van der Waals surface area contributed by atoms with Crippen molar-refractivity contribution < 1.29 is 4.39 Å². The van der Waals surface area contributed by atoms with Crippen LogP contribution in [-0.2, 0) is 6.54 Å². The minimum absolute atomic E-state index is 0.0378. The maximum absolute atomic E-state index is 13.8. The first-order valence-electron chi connectivity index (χ1n) is 13.9. The molecule has 1 N–H and O–H groups in total. The van der Waals surface area contributed by atoms with Gasteiger partial charge in [-0.1, -0.05) is 30.3 Å². The van der Waals surface area contributed by atoms with Crippen molar-refractivity contribution in [1.29, 1.82) is 0 Å². The Bertz CT molecular complexity index is 1580. The summed E-state index contributed by atoms with van der Waals surface area (Å²) >= 11 is 0. The fourth-order valence-electron chi connectivity index (χ4n) is 5.13. The van der Waals surface area contributed by atoms with E-state index in [9.17, 15) is 4.39 Å². The number of aromatic nitrogens is 4. The van der Waals surface area contributed by atoms with E-state index in [1.165, 1.54) is 37.2 Å². The molecule has 2 aromatic carbocycles. The van der Waals surface area contributed by atoms with E-state index in [-0.39, 0.29) is 11.9 Å². The lowest BCUT2D eigenvalue weighted by atomic mass is 10.1. The summed E-state index contributed by atoms with van der Waals surface area (Å²) in [5.41, 5.74) is 6.35. The van der Waals surface area contributed by atoms with Gasteiger partial charge in [0.2, 0.25) is 5.95 Å². The fraction of sp³-hybridized carbons (Fsp3) is 0.281. The fourth-order valence-corrected chi connectivity index (χ4v) is 5.13. The van der Waals surface area contributed by atoms with Gasteiger partial charge in [-0.25, -0.2) is 19.3 Å². The standard InChI is InChI=1S/C32H34FN7/c1-23(25-7-4-3-5-8-25)35-32-34-15-13-28(36-32)31-30(26-9-11-27(33)12-10-26)37-29-21-24(14-18-40(29)31)22-38(2)19-20-39-16-6-17-39/h3-5,7-15,18,21,23H,6,16-17,19-20,22H2,1-2H3,(H,34,35,36)/t23-/m0/s1. The molecule has 1 fully saturated rings. The van der Waals surface area contributed by atoms with Crippen LogP contribution in [0.4, 0.5) is 10.3 Å². The molecule has 1 aliphatic heterocycles. The van der Waals surface area contributed by atoms with Crippen LogP contribution in [0.15, 0.2) is 85.2 Å². The molecule has 0 unspecified atom stereocenters. The smallest absolute Gasteiger partial charge is 0.223 e. The monoisotopic (exact) mass is 535 g/mol. The number of fused-ring (bicyclic) bond motifs is 1. The molecule has 0 saturated carbocycles. The van der Waals surface area contributed by atoms with E-state index >= 15 is 0 Å². The largest absolute Gasteiger partial charge is 0.348 e. The average Bonchev–Trinajstić information content (AvgIpc) is 3.32. The van der Waals surface area contributed by atoms with Crippen LogP contribution in [0.2, 0.25) is 0 Å². The topological polar surface area (TPSA) is 61.6 Å². The molecule has 4 heterocycles. The predicted octanol–water partition coefficient (Wildman–Crippen LogP) is 5.91. The highest BCUT2D eigenvalue weighted by atomic mass is 19.1. The molecule has 8 heteroatoms.